The Labute approximate surface area is 274 Å². The first-order chi connectivity index (χ1) is 21.5. The van der Waals surface area contributed by atoms with Gasteiger partial charge in [0.25, 0.3) is 10.0 Å². The third kappa shape index (κ3) is 8.57. The number of carbonyl (C=O) groups is 2. The van der Waals surface area contributed by atoms with Gasteiger partial charge in [-0.1, -0.05) is 77.8 Å². The Balaban J connectivity index is 1.82. The summed E-state index contributed by atoms with van der Waals surface area (Å²) >= 11 is 13.1. The molecule has 0 bridgehead atoms. The number of anilines is 1. The SMILES string of the molecule is COc1ccc(S(=O)(=O)N(CC(=O)N(Cc2c(Cl)cccc2Cl)[C@@H](Cc2ccccc2)C(=O)NC(C)C)c2ccccc2)cc1. The van der Waals surface area contributed by atoms with Crippen LogP contribution >= 0.6 is 23.2 Å². The van der Waals surface area contributed by atoms with Crippen molar-refractivity contribution in [2.45, 2.75) is 43.8 Å². The number of methoxy groups -OCH3 is 1. The minimum atomic E-state index is -4.24. The van der Waals surface area contributed by atoms with Gasteiger partial charge >= 0.3 is 0 Å². The van der Waals surface area contributed by atoms with Crippen LogP contribution in [0.5, 0.6) is 5.75 Å². The minimum Gasteiger partial charge on any atom is -0.497 e. The highest BCUT2D eigenvalue weighted by Gasteiger charge is 2.35. The van der Waals surface area contributed by atoms with Gasteiger partial charge in [-0.25, -0.2) is 8.42 Å². The standard InChI is InChI=1S/C34H35Cl2N3O5S/c1-24(2)37-34(41)32(21-25-11-6-4-7-12-25)38(22-29-30(35)15-10-16-31(29)36)33(40)23-39(26-13-8-5-9-14-26)45(42,43)28-19-17-27(44-3)18-20-28/h4-20,24,32H,21-23H2,1-3H3,(H,37,41)/t32-/m0/s1. The maximum absolute atomic E-state index is 14.5. The van der Waals surface area contributed by atoms with E-state index in [2.05, 4.69) is 5.32 Å². The number of benzene rings is 4. The van der Waals surface area contributed by atoms with E-state index in [0.29, 0.717) is 21.4 Å². The summed E-state index contributed by atoms with van der Waals surface area (Å²) in [6, 6.07) is 27.3. The van der Waals surface area contributed by atoms with E-state index in [1.807, 2.05) is 44.2 Å². The Morgan fingerprint density at radius 1 is 0.822 bits per heavy atom. The first-order valence-corrected chi connectivity index (χ1v) is 16.5. The van der Waals surface area contributed by atoms with Crippen LogP contribution in [0.1, 0.15) is 25.0 Å². The van der Waals surface area contributed by atoms with Crippen molar-refractivity contribution < 1.29 is 22.7 Å². The molecule has 0 spiro atoms. The lowest BCUT2D eigenvalue weighted by Gasteiger charge is -2.34. The van der Waals surface area contributed by atoms with E-state index in [9.17, 15) is 18.0 Å². The first kappa shape index (κ1) is 33.8. The average molecular weight is 669 g/mol. The molecule has 4 aromatic rings. The molecule has 0 fully saturated rings. The second-order valence-electron chi connectivity index (χ2n) is 10.6. The van der Waals surface area contributed by atoms with Crippen LogP contribution in [0.3, 0.4) is 0 Å². The Bertz CT molecular complexity index is 1680. The topological polar surface area (TPSA) is 96.0 Å². The van der Waals surface area contributed by atoms with Crippen molar-refractivity contribution in [1.29, 1.82) is 0 Å². The van der Waals surface area contributed by atoms with Crippen molar-refractivity contribution in [3.63, 3.8) is 0 Å². The number of amides is 2. The van der Waals surface area contributed by atoms with Crippen LogP contribution in [0.15, 0.2) is 108 Å². The fraction of sp³-hybridized carbons (Fsp3) is 0.235. The summed E-state index contributed by atoms with van der Waals surface area (Å²) in [6.45, 7) is 2.92. The van der Waals surface area contributed by atoms with Gasteiger partial charge in [0.2, 0.25) is 11.8 Å². The quantitative estimate of drug-likeness (QED) is 0.179. The van der Waals surface area contributed by atoms with Gasteiger partial charge in [0.15, 0.2) is 0 Å². The maximum atomic E-state index is 14.5. The lowest BCUT2D eigenvalue weighted by molar-refractivity contribution is -0.140. The second-order valence-corrected chi connectivity index (χ2v) is 13.3. The Kier molecular flexibility index (Phi) is 11.5. The van der Waals surface area contributed by atoms with E-state index in [0.717, 1.165) is 9.87 Å². The molecule has 1 atom stereocenters. The molecule has 1 N–H and O–H groups in total. The van der Waals surface area contributed by atoms with Gasteiger partial charge < -0.3 is 15.0 Å². The molecule has 0 aliphatic heterocycles. The highest BCUT2D eigenvalue weighted by Crippen LogP contribution is 2.29. The summed E-state index contributed by atoms with van der Waals surface area (Å²) in [5.41, 5.74) is 1.53. The number of nitrogens with one attached hydrogen (secondary N) is 1. The maximum Gasteiger partial charge on any atom is 0.264 e. The summed E-state index contributed by atoms with van der Waals surface area (Å²) in [5.74, 6) is -0.527. The predicted octanol–water partition coefficient (Wildman–Crippen LogP) is 6.36. The van der Waals surface area contributed by atoms with E-state index < -0.39 is 34.4 Å². The largest absolute Gasteiger partial charge is 0.497 e. The number of carbonyl (C=O) groups excluding carboxylic acids is 2. The zero-order valence-corrected chi connectivity index (χ0v) is 27.5. The Morgan fingerprint density at radius 3 is 1.96 bits per heavy atom. The van der Waals surface area contributed by atoms with Gasteiger partial charge in [-0.15, -0.1) is 0 Å². The molecule has 0 radical (unpaired) electrons. The fourth-order valence-electron chi connectivity index (χ4n) is 4.79. The molecule has 45 heavy (non-hydrogen) atoms. The van der Waals surface area contributed by atoms with Gasteiger partial charge in [-0.2, -0.15) is 0 Å². The second kappa shape index (κ2) is 15.3. The van der Waals surface area contributed by atoms with Crippen LogP contribution in [0.4, 0.5) is 5.69 Å². The number of ether oxygens (including phenoxy) is 1. The number of rotatable bonds is 13. The molecule has 4 aromatic carbocycles. The molecule has 0 aromatic heterocycles. The van der Waals surface area contributed by atoms with Crippen LogP contribution in [-0.2, 0) is 32.6 Å². The first-order valence-electron chi connectivity index (χ1n) is 14.3. The third-order valence-corrected chi connectivity index (χ3v) is 9.56. The van der Waals surface area contributed by atoms with Crippen LogP contribution < -0.4 is 14.4 Å². The monoisotopic (exact) mass is 667 g/mol. The number of para-hydroxylation sites is 1. The molecule has 0 aliphatic carbocycles. The number of hydrogen-bond acceptors (Lipinski definition) is 5. The van der Waals surface area contributed by atoms with Crippen molar-refractivity contribution in [2.24, 2.45) is 0 Å². The Hall–Kier alpha value is -4.05. The fourth-order valence-corrected chi connectivity index (χ4v) is 6.72. The minimum absolute atomic E-state index is 0.0287. The zero-order chi connectivity index (χ0) is 32.6. The number of nitrogens with zero attached hydrogens (tertiary/aromatic N) is 2. The summed E-state index contributed by atoms with van der Waals surface area (Å²) in [7, 11) is -2.76. The van der Waals surface area contributed by atoms with Crippen molar-refractivity contribution in [3.05, 3.63) is 124 Å². The number of halogens is 2. The molecule has 236 valence electrons. The van der Waals surface area contributed by atoms with Crippen molar-refractivity contribution >= 4 is 50.7 Å². The summed E-state index contributed by atoms with van der Waals surface area (Å²) in [5, 5.41) is 3.55. The molecule has 0 saturated heterocycles. The van der Waals surface area contributed by atoms with E-state index in [1.165, 1.54) is 36.3 Å². The Morgan fingerprint density at radius 2 is 1.40 bits per heavy atom. The summed E-state index contributed by atoms with van der Waals surface area (Å²) < 4.78 is 34.4. The molecule has 0 heterocycles. The molecule has 11 heteroatoms. The molecular weight excluding hydrogens is 633 g/mol. The van der Waals surface area contributed by atoms with E-state index in [-0.39, 0.29) is 29.6 Å². The van der Waals surface area contributed by atoms with E-state index >= 15 is 0 Å². The van der Waals surface area contributed by atoms with Gasteiger partial charge in [-0.3, -0.25) is 13.9 Å². The van der Waals surface area contributed by atoms with Gasteiger partial charge in [0, 0.05) is 34.6 Å². The van der Waals surface area contributed by atoms with Gasteiger partial charge in [0.1, 0.15) is 18.3 Å². The highest BCUT2D eigenvalue weighted by molar-refractivity contribution is 7.92. The van der Waals surface area contributed by atoms with Crippen molar-refractivity contribution in [1.82, 2.24) is 10.2 Å². The highest BCUT2D eigenvalue weighted by atomic mass is 35.5. The van der Waals surface area contributed by atoms with Crippen LogP contribution in [0.25, 0.3) is 0 Å². The summed E-state index contributed by atoms with van der Waals surface area (Å²) in [4.78, 5) is 29.6. The number of sulfonamides is 1. The lowest BCUT2D eigenvalue weighted by Crippen LogP contribution is -2.54. The third-order valence-electron chi connectivity index (χ3n) is 7.06. The van der Waals surface area contributed by atoms with E-state index in [4.69, 9.17) is 27.9 Å². The van der Waals surface area contributed by atoms with Crippen LogP contribution in [0, 0.1) is 0 Å². The molecule has 0 unspecified atom stereocenters. The van der Waals surface area contributed by atoms with Gasteiger partial charge in [-0.05, 0) is 67.9 Å². The van der Waals surface area contributed by atoms with Crippen LogP contribution in [-0.4, -0.2) is 50.9 Å². The van der Waals surface area contributed by atoms with E-state index in [1.54, 1.807) is 48.5 Å². The summed E-state index contributed by atoms with van der Waals surface area (Å²) in [6.07, 6.45) is 0.170. The molecule has 0 aliphatic rings. The molecule has 2 amide bonds. The molecule has 8 nitrogen and oxygen atoms in total. The molecule has 4 rings (SSSR count). The number of hydrogen-bond donors (Lipinski definition) is 1. The van der Waals surface area contributed by atoms with Gasteiger partial charge in [0.05, 0.1) is 17.7 Å². The van der Waals surface area contributed by atoms with Crippen molar-refractivity contribution in [2.75, 3.05) is 18.0 Å². The normalized spacial score (nSPS) is 12.0. The predicted molar refractivity (Wildman–Crippen MR) is 178 cm³/mol. The van der Waals surface area contributed by atoms with Crippen LogP contribution in [0.2, 0.25) is 10.0 Å². The average Bonchev–Trinajstić information content (AvgIpc) is 3.03. The smallest absolute Gasteiger partial charge is 0.264 e. The zero-order valence-electron chi connectivity index (χ0n) is 25.2. The molecular formula is C34H35Cl2N3O5S. The molecule has 0 saturated carbocycles. The lowest BCUT2D eigenvalue weighted by atomic mass is 10.0. The van der Waals surface area contributed by atoms with Crippen molar-refractivity contribution in [3.8, 4) is 5.75 Å².